The fourth-order valence-electron chi connectivity index (χ4n) is 5.97. The number of benzene rings is 2. The van der Waals surface area contributed by atoms with Gasteiger partial charge in [0.1, 0.15) is 5.75 Å². The zero-order valence-electron chi connectivity index (χ0n) is 19.1. The van der Waals surface area contributed by atoms with Gasteiger partial charge >= 0.3 is 0 Å². The van der Waals surface area contributed by atoms with Crippen molar-refractivity contribution in [2.75, 3.05) is 26.8 Å². The average Bonchev–Trinajstić information content (AvgIpc) is 2.85. The summed E-state index contributed by atoms with van der Waals surface area (Å²) in [6.07, 6.45) is 8.06. The molecular formula is C27H35NO4. The molecule has 2 aromatic rings. The van der Waals surface area contributed by atoms with Gasteiger partial charge in [-0.15, -0.1) is 0 Å². The zero-order valence-corrected chi connectivity index (χ0v) is 19.1. The van der Waals surface area contributed by atoms with E-state index in [0.717, 1.165) is 63.1 Å². The van der Waals surface area contributed by atoms with E-state index < -0.39 is 0 Å². The second-order valence-corrected chi connectivity index (χ2v) is 9.73. The van der Waals surface area contributed by atoms with Gasteiger partial charge in [0.2, 0.25) is 0 Å². The molecule has 1 N–H and O–H groups in total. The lowest BCUT2D eigenvalue weighted by Crippen LogP contribution is -2.52. The number of ether oxygens (including phenoxy) is 1. The van der Waals surface area contributed by atoms with Crippen LogP contribution in [-0.4, -0.2) is 42.9 Å². The van der Waals surface area contributed by atoms with Gasteiger partial charge in [-0.1, -0.05) is 24.3 Å². The SMILES string of the molecule is COc1cccc(CC2CCN(C3(c4ccc5c(c4)CCOO5)CCC(O)CC3)CC2)c1. The van der Waals surface area contributed by atoms with Crippen molar-refractivity contribution in [3.05, 3.63) is 59.2 Å². The molecule has 5 rings (SSSR count). The fraction of sp³-hybridized carbons (Fsp3) is 0.556. The Hall–Kier alpha value is -2.08. The molecule has 5 nitrogen and oxygen atoms in total. The van der Waals surface area contributed by atoms with Gasteiger partial charge in [-0.25, -0.2) is 0 Å². The molecular weight excluding hydrogens is 402 g/mol. The van der Waals surface area contributed by atoms with Gasteiger partial charge in [-0.3, -0.25) is 4.90 Å². The normalized spacial score (nSPS) is 26.9. The molecule has 2 heterocycles. The number of hydrogen-bond acceptors (Lipinski definition) is 5. The largest absolute Gasteiger partial charge is 0.497 e. The number of rotatable bonds is 5. The second-order valence-electron chi connectivity index (χ2n) is 9.73. The molecule has 1 saturated heterocycles. The summed E-state index contributed by atoms with van der Waals surface area (Å²) in [5.41, 5.74) is 4.02. The summed E-state index contributed by atoms with van der Waals surface area (Å²) in [5, 5.41) is 10.3. The van der Waals surface area contributed by atoms with Gasteiger partial charge in [0.05, 0.1) is 19.8 Å². The van der Waals surface area contributed by atoms with Gasteiger partial charge in [0.15, 0.2) is 5.75 Å². The predicted molar refractivity (Wildman–Crippen MR) is 124 cm³/mol. The van der Waals surface area contributed by atoms with E-state index in [1.165, 1.54) is 29.5 Å². The van der Waals surface area contributed by atoms with Crippen LogP contribution in [0.5, 0.6) is 11.5 Å². The van der Waals surface area contributed by atoms with Crippen LogP contribution in [0.15, 0.2) is 42.5 Å². The molecule has 0 atom stereocenters. The standard InChI is InChI=1S/C27H35NO4/c1-30-25-4-2-3-21(18-25)17-20-9-14-28(15-10-20)27(12-7-24(29)8-13-27)23-5-6-26-22(19-23)11-16-31-32-26/h2-6,18-20,24,29H,7-17H2,1H3. The van der Waals surface area contributed by atoms with Crippen LogP contribution < -0.4 is 9.62 Å². The first-order chi connectivity index (χ1) is 15.7. The van der Waals surface area contributed by atoms with Crippen molar-refractivity contribution >= 4 is 0 Å². The lowest BCUT2D eigenvalue weighted by molar-refractivity contribution is -0.215. The Morgan fingerprint density at radius 1 is 1.06 bits per heavy atom. The van der Waals surface area contributed by atoms with E-state index in [2.05, 4.69) is 41.3 Å². The number of methoxy groups -OCH3 is 1. The Labute approximate surface area is 191 Å². The second kappa shape index (κ2) is 9.42. The summed E-state index contributed by atoms with van der Waals surface area (Å²) in [7, 11) is 1.73. The van der Waals surface area contributed by atoms with E-state index in [4.69, 9.17) is 14.5 Å². The van der Waals surface area contributed by atoms with Crippen molar-refractivity contribution in [1.29, 1.82) is 0 Å². The highest BCUT2D eigenvalue weighted by molar-refractivity contribution is 5.41. The van der Waals surface area contributed by atoms with Crippen molar-refractivity contribution in [2.45, 2.75) is 63.0 Å². The first-order valence-corrected chi connectivity index (χ1v) is 12.2. The summed E-state index contributed by atoms with van der Waals surface area (Å²) in [5.74, 6) is 2.50. The zero-order chi connectivity index (χ0) is 22.0. The summed E-state index contributed by atoms with van der Waals surface area (Å²) in [4.78, 5) is 13.3. The molecule has 0 aromatic heterocycles. The third-order valence-corrected chi connectivity index (χ3v) is 7.86. The van der Waals surface area contributed by atoms with Crippen LogP contribution in [0.3, 0.4) is 0 Å². The van der Waals surface area contributed by atoms with Crippen LogP contribution >= 0.6 is 0 Å². The number of piperidine rings is 1. The van der Waals surface area contributed by atoms with Crippen LogP contribution in [0, 0.1) is 5.92 Å². The Morgan fingerprint density at radius 3 is 2.66 bits per heavy atom. The molecule has 2 aromatic carbocycles. The van der Waals surface area contributed by atoms with Crippen LogP contribution in [0.1, 0.15) is 55.2 Å². The van der Waals surface area contributed by atoms with E-state index in [1.807, 2.05) is 6.07 Å². The van der Waals surface area contributed by atoms with Crippen molar-refractivity contribution in [2.24, 2.45) is 5.92 Å². The first kappa shape index (κ1) is 21.7. The molecule has 0 bridgehead atoms. The number of nitrogens with zero attached hydrogens (tertiary/aromatic N) is 1. The third-order valence-electron chi connectivity index (χ3n) is 7.86. The summed E-state index contributed by atoms with van der Waals surface area (Å²) in [6, 6.07) is 15.2. The van der Waals surface area contributed by atoms with Crippen LogP contribution in [0.25, 0.3) is 0 Å². The van der Waals surface area contributed by atoms with E-state index in [9.17, 15) is 5.11 Å². The quantitative estimate of drug-likeness (QED) is 0.691. The van der Waals surface area contributed by atoms with E-state index in [0.29, 0.717) is 12.5 Å². The fourth-order valence-corrected chi connectivity index (χ4v) is 5.97. The highest BCUT2D eigenvalue weighted by atomic mass is 17.2. The Morgan fingerprint density at radius 2 is 1.88 bits per heavy atom. The Kier molecular flexibility index (Phi) is 6.40. The molecule has 1 saturated carbocycles. The summed E-state index contributed by atoms with van der Waals surface area (Å²) in [6.45, 7) is 2.83. The lowest BCUT2D eigenvalue weighted by Gasteiger charge is -2.50. The van der Waals surface area contributed by atoms with E-state index in [1.54, 1.807) is 7.11 Å². The van der Waals surface area contributed by atoms with Gasteiger partial charge in [-0.05, 0) is 93.3 Å². The minimum Gasteiger partial charge on any atom is -0.497 e. The van der Waals surface area contributed by atoms with Gasteiger partial charge in [-0.2, -0.15) is 4.89 Å². The first-order valence-electron chi connectivity index (χ1n) is 12.2. The maximum Gasteiger partial charge on any atom is 0.168 e. The van der Waals surface area contributed by atoms with Gasteiger partial charge in [0, 0.05) is 17.5 Å². The number of aliphatic hydroxyl groups excluding tert-OH is 1. The van der Waals surface area contributed by atoms with E-state index >= 15 is 0 Å². The maximum absolute atomic E-state index is 10.3. The average molecular weight is 438 g/mol. The van der Waals surface area contributed by atoms with Gasteiger partial charge < -0.3 is 14.7 Å². The van der Waals surface area contributed by atoms with Crippen molar-refractivity contribution < 1.29 is 19.6 Å². The number of aliphatic hydroxyl groups is 1. The molecule has 0 spiro atoms. The number of hydrogen-bond donors (Lipinski definition) is 1. The molecule has 3 aliphatic rings. The predicted octanol–water partition coefficient (Wildman–Crippen LogP) is 4.65. The van der Waals surface area contributed by atoms with Gasteiger partial charge in [0.25, 0.3) is 0 Å². The molecule has 32 heavy (non-hydrogen) atoms. The molecule has 2 fully saturated rings. The summed E-state index contributed by atoms with van der Waals surface area (Å²) < 4.78 is 5.41. The molecule has 0 amide bonds. The minimum atomic E-state index is -0.164. The highest BCUT2D eigenvalue weighted by Gasteiger charge is 2.43. The summed E-state index contributed by atoms with van der Waals surface area (Å²) >= 11 is 0. The molecule has 1 aliphatic carbocycles. The number of fused-ring (bicyclic) bond motifs is 1. The smallest absolute Gasteiger partial charge is 0.168 e. The minimum absolute atomic E-state index is 0.0213. The number of likely N-dealkylation sites (tertiary alicyclic amines) is 1. The molecule has 0 radical (unpaired) electrons. The molecule has 172 valence electrons. The van der Waals surface area contributed by atoms with Crippen LogP contribution in [-0.2, 0) is 23.3 Å². The van der Waals surface area contributed by atoms with Crippen LogP contribution in [0.4, 0.5) is 0 Å². The Balaban J connectivity index is 1.32. The highest BCUT2D eigenvalue weighted by Crippen LogP contribution is 2.45. The monoisotopic (exact) mass is 437 g/mol. The molecule has 0 unspecified atom stereocenters. The van der Waals surface area contributed by atoms with Crippen molar-refractivity contribution in [3.8, 4) is 11.5 Å². The van der Waals surface area contributed by atoms with Crippen molar-refractivity contribution in [1.82, 2.24) is 4.90 Å². The lowest BCUT2D eigenvalue weighted by atomic mass is 9.72. The van der Waals surface area contributed by atoms with Crippen molar-refractivity contribution in [3.63, 3.8) is 0 Å². The van der Waals surface area contributed by atoms with E-state index in [-0.39, 0.29) is 11.6 Å². The molecule has 2 aliphatic heterocycles. The van der Waals surface area contributed by atoms with Crippen LogP contribution in [0.2, 0.25) is 0 Å². The third kappa shape index (κ3) is 4.39. The topological polar surface area (TPSA) is 51.2 Å². The Bertz CT molecular complexity index is 914. The molecule has 5 heteroatoms. The maximum atomic E-state index is 10.3.